The Hall–Kier alpha value is -3.80. The van der Waals surface area contributed by atoms with E-state index in [9.17, 15) is 9.59 Å². The van der Waals surface area contributed by atoms with Gasteiger partial charge in [0, 0.05) is 48.0 Å². The van der Waals surface area contributed by atoms with E-state index in [1.165, 1.54) is 17.1 Å². The van der Waals surface area contributed by atoms with Gasteiger partial charge in [0.25, 0.3) is 0 Å². The van der Waals surface area contributed by atoms with E-state index < -0.39 is 6.04 Å². The summed E-state index contributed by atoms with van der Waals surface area (Å²) in [4.78, 5) is 30.8. The Kier molecular flexibility index (Phi) is 7.97. The van der Waals surface area contributed by atoms with E-state index in [4.69, 9.17) is 21.1 Å². The van der Waals surface area contributed by atoms with E-state index in [0.29, 0.717) is 53.9 Å². The van der Waals surface area contributed by atoms with Crippen molar-refractivity contribution < 1.29 is 19.1 Å². The number of nitrogens with zero attached hydrogens (tertiary/aromatic N) is 6. The molecule has 38 heavy (non-hydrogen) atoms. The summed E-state index contributed by atoms with van der Waals surface area (Å²) in [5, 5.41) is 14.8. The smallest absolute Gasteiger partial charge is 0.247 e. The van der Waals surface area contributed by atoms with Crippen molar-refractivity contribution in [3.63, 3.8) is 0 Å². The van der Waals surface area contributed by atoms with Gasteiger partial charge in [0.05, 0.1) is 26.0 Å². The SMILES string of the molecule is COc1ccc(NC(=O)[C@@H]2C[C@H](N3CCOCC3)CN2C(=O)/C=C/c2cc(Cl)ccc2-n2cnnn2)cc1. The van der Waals surface area contributed by atoms with Gasteiger partial charge in [0.15, 0.2) is 0 Å². The number of aromatic nitrogens is 4. The molecule has 0 aliphatic carbocycles. The van der Waals surface area contributed by atoms with Gasteiger partial charge in [-0.25, -0.2) is 0 Å². The molecule has 2 aliphatic rings. The number of ether oxygens (including phenoxy) is 2. The molecule has 2 saturated heterocycles. The average molecular weight is 538 g/mol. The van der Waals surface area contributed by atoms with Crippen LogP contribution in [0.15, 0.2) is 54.9 Å². The second kappa shape index (κ2) is 11.7. The first kappa shape index (κ1) is 25.8. The van der Waals surface area contributed by atoms with Crippen molar-refractivity contribution in [1.82, 2.24) is 30.0 Å². The number of hydrogen-bond donors (Lipinski definition) is 1. The van der Waals surface area contributed by atoms with Crippen LogP contribution in [0.1, 0.15) is 12.0 Å². The van der Waals surface area contributed by atoms with E-state index in [-0.39, 0.29) is 17.9 Å². The quantitative estimate of drug-likeness (QED) is 0.457. The van der Waals surface area contributed by atoms with Crippen molar-refractivity contribution >= 4 is 35.2 Å². The Morgan fingerprint density at radius 2 is 1.95 bits per heavy atom. The fourth-order valence-corrected chi connectivity index (χ4v) is 4.99. The molecular weight excluding hydrogens is 510 g/mol. The van der Waals surface area contributed by atoms with Crippen molar-refractivity contribution in [1.29, 1.82) is 0 Å². The number of carbonyl (C=O) groups is 2. The van der Waals surface area contributed by atoms with Crippen LogP contribution in [0.3, 0.4) is 0 Å². The largest absolute Gasteiger partial charge is 0.497 e. The molecule has 0 saturated carbocycles. The van der Waals surface area contributed by atoms with Gasteiger partial charge >= 0.3 is 0 Å². The third-order valence-electron chi connectivity index (χ3n) is 6.78. The molecule has 2 atom stereocenters. The van der Waals surface area contributed by atoms with Crippen LogP contribution in [0.2, 0.25) is 5.02 Å². The predicted octanol–water partition coefficient (Wildman–Crippen LogP) is 2.28. The van der Waals surface area contributed by atoms with Crippen LogP contribution in [0.5, 0.6) is 5.75 Å². The summed E-state index contributed by atoms with van der Waals surface area (Å²) in [6.45, 7) is 3.27. The number of halogens is 1. The first-order valence-corrected chi connectivity index (χ1v) is 12.7. The van der Waals surface area contributed by atoms with Crippen LogP contribution in [0.4, 0.5) is 5.69 Å². The molecule has 0 radical (unpaired) electrons. The van der Waals surface area contributed by atoms with Crippen LogP contribution >= 0.6 is 11.6 Å². The van der Waals surface area contributed by atoms with Gasteiger partial charge in [-0.1, -0.05) is 11.6 Å². The van der Waals surface area contributed by atoms with Gasteiger partial charge in [0.1, 0.15) is 18.1 Å². The number of nitrogens with one attached hydrogen (secondary N) is 1. The van der Waals surface area contributed by atoms with E-state index >= 15 is 0 Å². The fourth-order valence-electron chi connectivity index (χ4n) is 4.81. The molecule has 3 aromatic rings. The van der Waals surface area contributed by atoms with Crippen molar-refractivity contribution in [2.45, 2.75) is 18.5 Å². The molecule has 5 rings (SSSR count). The molecule has 3 heterocycles. The molecule has 2 aliphatic heterocycles. The van der Waals surface area contributed by atoms with Gasteiger partial charge in [-0.2, -0.15) is 4.68 Å². The molecular formula is C26H28ClN7O4. The maximum absolute atomic E-state index is 13.5. The number of hydrogen-bond acceptors (Lipinski definition) is 8. The second-order valence-electron chi connectivity index (χ2n) is 9.05. The van der Waals surface area contributed by atoms with Crippen molar-refractivity contribution in [2.24, 2.45) is 0 Å². The molecule has 2 aromatic carbocycles. The van der Waals surface area contributed by atoms with Gasteiger partial charge in [-0.3, -0.25) is 14.5 Å². The Balaban J connectivity index is 1.37. The van der Waals surface area contributed by atoms with E-state index in [2.05, 4.69) is 25.7 Å². The molecule has 1 aromatic heterocycles. The highest BCUT2D eigenvalue weighted by molar-refractivity contribution is 6.30. The van der Waals surface area contributed by atoms with Gasteiger partial charge in [-0.05, 0) is 65.4 Å². The summed E-state index contributed by atoms with van der Waals surface area (Å²) in [6, 6.07) is 11.8. The third kappa shape index (κ3) is 5.85. The highest BCUT2D eigenvalue weighted by atomic mass is 35.5. The van der Waals surface area contributed by atoms with Gasteiger partial charge in [-0.15, -0.1) is 5.10 Å². The number of morpholine rings is 1. The number of likely N-dealkylation sites (tertiary alicyclic amines) is 1. The lowest BCUT2D eigenvalue weighted by molar-refractivity contribution is -0.132. The normalized spacial score (nSPS) is 20.1. The van der Waals surface area contributed by atoms with Crippen LogP contribution in [-0.2, 0) is 14.3 Å². The number of anilines is 1. The summed E-state index contributed by atoms with van der Waals surface area (Å²) in [5.41, 5.74) is 1.98. The van der Waals surface area contributed by atoms with Crippen molar-refractivity contribution in [2.75, 3.05) is 45.3 Å². The fraction of sp³-hybridized carbons (Fsp3) is 0.346. The molecule has 11 nitrogen and oxygen atoms in total. The lowest BCUT2D eigenvalue weighted by Gasteiger charge is -2.31. The van der Waals surface area contributed by atoms with Crippen molar-refractivity contribution in [3.05, 3.63) is 65.5 Å². The number of benzene rings is 2. The van der Waals surface area contributed by atoms with Crippen LogP contribution in [0, 0.1) is 0 Å². The maximum Gasteiger partial charge on any atom is 0.247 e. The molecule has 0 spiro atoms. The number of methoxy groups -OCH3 is 1. The number of carbonyl (C=O) groups excluding carboxylic acids is 2. The molecule has 12 heteroatoms. The van der Waals surface area contributed by atoms with E-state index in [1.807, 2.05) is 0 Å². The highest BCUT2D eigenvalue weighted by Gasteiger charge is 2.41. The Morgan fingerprint density at radius 1 is 1.16 bits per heavy atom. The zero-order chi connectivity index (χ0) is 26.5. The molecule has 198 valence electrons. The number of rotatable bonds is 7. The van der Waals surface area contributed by atoms with E-state index in [0.717, 1.165) is 13.1 Å². The van der Waals surface area contributed by atoms with Crippen LogP contribution in [0.25, 0.3) is 11.8 Å². The predicted molar refractivity (Wildman–Crippen MR) is 141 cm³/mol. The zero-order valence-electron chi connectivity index (χ0n) is 20.9. The minimum Gasteiger partial charge on any atom is -0.497 e. The molecule has 1 N–H and O–H groups in total. The molecule has 0 bridgehead atoms. The highest BCUT2D eigenvalue weighted by Crippen LogP contribution is 2.26. The first-order chi connectivity index (χ1) is 18.5. The monoisotopic (exact) mass is 537 g/mol. The summed E-state index contributed by atoms with van der Waals surface area (Å²) in [6.07, 6.45) is 5.14. The van der Waals surface area contributed by atoms with Crippen LogP contribution in [-0.4, -0.2) is 93.9 Å². The summed E-state index contributed by atoms with van der Waals surface area (Å²) in [7, 11) is 1.59. The topological polar surface area (TPSA) is 115 Å². The lowest BCUT2D eigenvalue weighted by Crippen LogP contribution is -2.45. The maximum atomic E-state index is 13.5. The van der Waals surface area contributed by atoms with Crippen LogP contribution < -0.4 is 10.1 Å². The summed E-state index contributed by atoms with van der Waals surface area (Å²) >= 11 is 6.22. The Bertz CT molecular complexity index is 1290. The summed E-state index contributed by atoms with van der Waals surface area (Å²) in [5.74, 6) is 0.198. The molecule has 2 fully saturated rings. The number of amides is 2. The molecule has 2 amide bonds. The Morgan fingerprint density at radius 3 is 2.66 bits per heavy atom. The second-order valence-corrected chi connectivity index (χ2v) is 9.49. The third-order valence-corrected chi connectivity index (χ3v) is 7.01. The van der Waals surface area contributed by atoms with E-state index in [1.54, 1.807) is 60.6 Å². The lowest BCUT2D eigenvalue weighted by atomic mass is 10.1. The zero-order valence-corrected chi connectivity index (χ0v) is 21.6. The minimum absolute atomic E-state index is 0.0609. The van der Waals surface area contributed by atoms with Gasteiger partial charge in [0.2, 0.25) is 11.8 Å². The Labute approximate surface area is 224 Å². The summed E-state index contributed by atoms with van der Waals surface area (Å²) < 4.78 is 12.2. The number of tetrazole rings is 1. The van der Waals surface area contributed by atoms with Crippen molar-refractivity contribution in [3.8, 4) is 11.4 Å². The standard InChI is InChI=1S/C26H28ClN7O4/c1-37-22-6-4-20(5-7-22)29-26(36)24-15-21(32-10-12-38-13-11-32)16-33(24)25(35)9-2-18-14-19(27)3-8-23(18)34-17-28-30-31-34/h2-9,14,17,21,24H,10-13,15-16H2,1H3,(H,29,36)/b9-2+/t21-,24-/m0/s1. The molecule has 0 unspecified atom stereocenters. The average Bonchev–Trinajstić information content (AvgIpc) is 3.64. The minimum atomic E-state index is -0.625. The first-order valence-electron chi connectivity index (χ1n) is 12.3. The van der Waals surface area contributed by atoms with Gasteiger partial charge < -0.3 is 19.7 Å².